The van der Waals surface area contributed by atoms with Crippen molar-refractivity contribution in [2.45, 2.75) is 31.3 Å². The summed E-state index contributed by atoms with van der Waals surface area (Å²) in [6.07, 6.45) is 3.44. The topological polar surface area (TPSA) is 91.0 Å². The summed E-state index contributed by atoms with van der Waals surface area (Å²) in [6, 6.07) is -0.225. The number of amides is 3. The number of piperazine rings is 1. The van der Waals surface area contributed by atoms with E-state index in [0.717, 1.165) is 36.7 Å². The van der Waals surface area contributed by atoms with Crippen molar-refractivity contribution < 1.29 is 19.1 Å². The van der Waals surface area contributed by atoms with Crippen LogP contribution in [0.3, 0.4) is 0 Å². The van der Waals surface area contributed by atoms with Gasteiger partial charge in [-0.05, 0) is 12.8 Å². The molecule has 5 rings (SSSR count). The van der Waals surface area contributed by atoms with Gasteiger partial charge in [-0.15, -0.1) is 0 Å². The molecule has 0 aromatic carbocycles. The van der Waals surface area contributed by atoms with E-state index < -0.39 is 6.04 Å². The Balaban J connectivity index is 1.43. The second-order valence-corrected chi connectivity index (χ2v) is 7.53. The summed E-state index contributed by atoms with van der Waals surface area (Å²) in [5.41, 5.74) is 2.10. The molecular formula is C18H22N4O4. The van der Waals surface area contributed by atoms with E-state index in [1.54, 1.807) is 4.90 Å². The Morgan fingerprint density at radius 1 is 1.19 bits per heavy atom. The van der Waals surface area contributed by atoms with E-state index in [9.17, 15) is 14.4 Å². The van der Waals surface area contributed by atoms with Gasteiger partial charge in [-0.1, -0.05) is 6.08 Å². The fourth-order valence-corrected chi connectivity index (χ4v) is 4.74. The minimum absolute atomic E-state index is 0.0247. The molecule has 138 valence electrons. The Bertz CT molecular complexity index is 758. The van der Waals surface area contributed by atoms with Crippen LogP contribution in [0.15, 0.2) is 23.1 Å². The molecule has 8 heteroatoms. The third-order valence-electron chi connectivity index (χ3n) is 6.08. The lowest BCUT2D eigenvalue weighted by Crippen LogP contribution is -2.55. The molecule has 4 fully saturated rings. The molecule has 3 amide bonds. The van der Waals surface area contributed by atoms with Crippen LogP contribution in [0.5, 0.6) is 0 Å². The van der Waals surface area contributed by atoms with Gasteiger partial charge in [0, 0.05) is 38.2 Å². The fraction of sp³-hybridized carbons (Fsp3) is 0.611. The molecule has 2 N–H and O–H groups in total. The van der Waals surface area contributed by atoms with Crippen LogP contribution in [0.4, 0.5) is 0 Å². The molecule has 3 atom stereocenters. The van der Waals surface area contributed by atoms with E-state index in [-0.39, 0.29) is 30.1 Å². The van der Waals surface area contributed by atoms with Crippen LogP contribution in [-0.2, 0) is 19.1 Å². The summed E-state index contributed by atoms with van der Waals surface area (Å²) in [7, 11) is 0. The van der Waals surface area contributed by atoms with Gasteiger partial charge in [0.05, 0.1) is 17.7 Å². The van der Waals surface area contributed by atoms with E-state index >= 15 is 0 Å². The number of hydrogen-bond donors (Lipinski definition) is 2. The maximum atomic E-state index is 12.9. The third-order valence-corrected chi connectivity index (χ3v) is 6.08. The Morgan fingerprint density at radius 2 is 2.08 bits per heavy atom. The second-order valence-electron chi connectivity index (χ2n) is 7.53. The zero-order valence-corrected chi connectivity index (χ0v) is 14.5. The number of ether oxygens (including phenoxy) is 1. The lowest BCUT2D eigenvalue weighted by molar-refractivity contribution is -0.144. The SMILES string of the molecule is O=C1CC[C@H](N2CC3=C4OC[C@H]5CNCCN5C4=CCC3C2=O)C(=O)N1. The highest BCUT2D eigenvalue weighted by atomic mass is 16.5. The summed E-state index contributed by atoms with van der Waals surface area (Å²) >= 11 is 0. The van der Waals surface area contributed by atoms with Crippen molar-refractivity contribution in [3.05, 3.63) is 23.1 Å². The molecule has 1 aliphatic carbocycles. The number of nitrogens with one attached hydrogen (secondary N) is 2. The first-order valence-corrected chi connectivity index (χ1v) is 9.31. The number of carbonyl (C=O) groups is 3. The second kappa shape index (κ2) is 5.84. The zero-order chi connectivity index (χ0) is 17.8. The van der Waals surface area contributed by atoms with Gasteiger partial charge in [0.25, 0.3) is 0 Å². The number of allylic oxidation sites excluding steroid dienone is 1. The van der Waals surface area contributed by atoms with Gasteiger partial charge in [0.15, 0.2) is 0 Å². The molecule has 0 aromatic heterocycles. The number of fused-ring (bicyclic) bond motifs is 4. The number of hydrogen-bond acceptors (Lipinski definition) is 6. The van der Waals surface area contributed by atoms with Crippen molar-refractivity contribution in [3.8, 4) is 0 Å². The smallest absolute Gasteiger partial charge is 0.249 e. The predicted molar refractivity (Wildman–Crippen MR) is 90.4 cm³/mol. The number of imide groups is 1. The monoisotopic (exact) mass is 358 g/mol. The molecule has 0 saturated carbocycles. The number of rotatable bonds is 1. The Kier molecular flexibility index (Phi) is 3.56. The molecule has 4 aliphatic heterocycles. The fourth-order valence-electron chi connectivity index (χ4n) is 4.74. The van der Waals surface area contributed by atoms with Crippen molar-refractivity contribution in [2.75, 3.05) is 32.8 Å². The molecule has 0 radical (unpaired) electrons. The summed E-state index contributed by atoms with van der Waals surface area (Å²) in [5.74, 6) is -0.0510. The van der Waals surface area contributed by atoms with Gasteiger partial charge >= 0.3 is 0 Å². The first-order valence-electron chi connectivity index (χ1n) is 9.31. The molecule has 26 heavy (non-hydrogen) atoms. The maximum absolute atomic E-state index is 12.9. The average Bonchev–Trinajstić information content (AvgIpc) is 2.98. The third kappa shape index (κ3) is 2.28. The summed E-state index contributed by atoms with van der Waals surface area (Å²) < 4.78 is 6.09. The van der Waals surface area contributed by atoms with Gasteiger partial charge in [-0.25, -0.2) is 0 Å². The molecule has 8 nitrogen and oxygen atoms in total. The van der Waals surface area contributed by atoms with Crippen molar-refractivity contribution in [2.24, 2.45) is 5.92 Å². The normalized spacial score (nSPS) is 33.9. The van der Waals surface area contributed by atoms with Crippen molar-refractivity contribution in [1.82, 2.24) is 20.4 Å². The van der Waals surface area contributed by atoms with E-state index in [1.807, 2.05) is 0 Å². The largest absolute Gasteiger partial charge is 0.489 e. The number of likely N-dealkylation sites (tertiary alicyclic amines) is 1. The van der Waals surface area contributed by atoms with Gasteiger partial charge < -0.3 is 19.9 Å². The molecule has 0 bridgehead atoms. The van der Waals surface area contributed by atoms with Crippen LogP contribution in [0.2, 0.25) is 0 Å². The van der Waals surface area contributed by atoms with Crippen LogP contribution in [0.1, 0.15) is 19.3 Å². The predicted octanol–water partition coefficient (Wildman–Crippen LogP) is -0.904. The molecule has 4 heterocycles. The number of carbonyl (C=O) groups excluding carboxylic acids is 3. The van der Waals surface area contributed by atoms with Crippen LogP contribution in [-0.4, -0.2) is 72.4 Å². The minimum Gasteiger partial charge on any atom is -0.489 e. The molecular weight excluding hydrogens is 336 g/mol. The number of piperidine rings is 1. The quantitative estimate of drug-likeness (QED) is 0.590. The maximum Gasteiger partial charge on any atom is 0.249 e. The van der Waals surface area contributed by atoms with Crippen molar-refractivity contribution in [3.63, 3.8) is 0 Å². The van der Waals surface area contributed by atoms with Gasteiger partial charge in [0.1, 0.15) is 18.4 Å². The van der Waals surface area contributed by atoms with Gasteiger partial charge in [0.2, 0.25) is 17.7 Å². The van der Waals surface area contributed by atoms with E-state index in [0.29, 0.717) is 32.0 Å². The molecule has 0 aromatic rings. The van der Waals surface area contributed by atoms with Gasteiger partial charge in [-0.3, -0.25) is 19.7 Å². The first-order chi connectivity index (χ1) is 12.6. The highest BCUT2D eigenvalue weighted by Crippen LogP contribution is 2.42. The lowest BCUT2D eigenvalue weighted by Gasteiger charge is -2.45. The van der Waals surface area contributed by atoms with Crippen molar-refractivity contribution >= 4 is 17.7 Å². The summed E-state index contributed by atoms with van der Waals surface area (Å²) in [6.45, 7) is 3.82. The molecule has 0 spiro atoms. The zero-order valence-electron chi connectivity index (χ0n) is 14.5. The molecule has 4 saturated heterocycles. The number of nitrogens with zero attached hydrogens (tertiary/aromatic N) is 2. The Labute approximate surface area is 151 Å². The number of morpholine rings is 1. The summed E-state index contributed by atoms with van der Waals surface area (Å²) in [4.78, 5) is 40.6. The van der Waals surface area contributed by atoms with E-state index in [1.165, 1.54) is 0 Å². The van der Waals surface area contributed by atoms with E-state index in [2.05, 4.69) is 21.6 Å². The molecule has 1 unspecified atom stereocenters. The van der Waals surface area contributed by atoms with Crippen molar-refractivity contribution in [1.29, 1.82) is 0 Å². The first kappa shape index (κ1) is 15.9. The van der Waals surface area contributed by atoms with E-state index in [4.69, 9.17) is 4.74 Å². The minimum atomic E-state index is -0.558. The van der Waals surface area contributed by atoms with Crippen LogP contribution >= 0.6 is 0 Å². The Morgan fingerprint density at radius 3 is 2.92 bits per heavy atom. The lowest BCUT2D eigenvalue weighted by atomic mass is 9.89. The Hall–Kier alpha value is -2.35. The van der Waals surface area contributed by atoms with Gasteiger partial charge in [-0.2, -0.15) is 0 Å². The van der Waals surface area contributed by atoms with Crippen LogP contribution < -0.4 is 10.6 Å². The van der Waals surface area contributed by atoms with Crippen LogP contribution in [0.25, 0.3) is 0 Å². The standard InChI is InChI=1S/C18H22N4O4/c23-15-4-3-14(17(24)20-15)22-8-12-11(18(22)25)1-2-13-16(12)26-9-10-7-19-5-6-21(10)13/h2,10-11,14,19H,1,3-9H2,(H,20,23,24)/t10-,11?,14+/m1/s1. The molecule has 5 aliphatic rings. The highest BCUT2D eigenvalue weighted by molar-refractivity contribution is 6.02. The van der Waals surface area contributed by atoms with Crippen LogP contribution in [0, 0.1) is 5.92 Å². The highest BCUT2D eigenvalue weighted by Gasteiger charge is 2.47. The summed E-state index contributed by atoms with van der Waals surface area (Å²) in [5, 5.41) is 5.75. The average molecular weight is 358 g/mol.